The predicted molar refractivity (Wildman–Crippen MR) is 112 cm³/mol. The minimum Gasteiger partial charge on any atom is -0.501 e. The van der Waals surface area contributed by atoms with Gasteiger partial charge in [0.25, 0.3) is 0 Å². The van der Waals surface area contributed by atoms with Gasteiger partial charge >= 0.3 is 0 Å². The number of aromatic nitrogens is 2. The van der Waals surface area contributed by atoms with Gasteiger partial charge in [-0.05, 0) is 38.0 Å². The molecule has 27 heavy (non-hydrogen) atoms. The predicted octanol–water partition coefficient (Wildman–Crippen LogP) is 5.58. The minimum absolute atomic E-state index is 0.133. The summed E-state index contributed by atoms with van der Waals surface area (Å²) in [5, 5.41) is 0. The van der Waals surface area contributed by atoms with Crippen LogP contribution in [0, 0.1) is 12.3 Å². The first kappa shape index (κ1) is 18.5. The zero-order valence-electron chi connectivity index (χ0n) is 16.3. The van der Waals surface area contributed by atoms with E-state index in [-0.39, 0.29) is 6.04 Å². The third-order valence-corrected chi connectivity index (χ3v) is 4.90. The van der Waals surface area contributed by atoms with Crippen molar-refractivity contribution in [3.05, 3.63) is 83.4 Å². The van der Waals surface area contributed by atoms with Gasteiger partial charge in [0.05, 0.1) is 24.2 Å². The third kappa shape index (κ3) is 3.39. The summed E-state index contributed by atoms with van der Waals surface area (Å²) >= 11 is 0. The molecule has 2 aromatic heterocycles. The number of rotatable bonds is 5. The number of terminal acetylenes is 1. The van der Waals surface area contributed by atoms with Crippen LogP contribution in [0.3, 0.4) is 0 Å². The molecule has 0 aliphatic rings. The average Bonchev–Trinajstić information content (AvgIpc) is 3.05. The van der Waals surface area contributed by atoms with Crippen LogP contribution in [0.1, 0.15) is 43.5 Å². The molecule has 1 unspecified atom stereocenters. The molecule has 3 aromatic rings. The fourth-order valence-electron chi connectivity index (χ4n) is 3.43. The molecule has 1 aromatic carbocycles. The Morgan fingerprint density at radius 1 is 1.26 bits per heavy atom. The van der Waals surface area contributed by atoms with Gasteiger partial charge in [-0.2, -0.15) is 0 Å². The maximum atomic E-state index is 5.74. The van der Waals surface area contributed by atoms with Gasteiger partial charge in [-0.15, -0.1) is 6.42 Å². The molecule has 0 spiro atoms. The van der Waals surface area contributed by atoms with Gasteiger partial charge < -0.3 is 9.30 Å². The monoisotopic (exact) mass is 356 g/mol. The molecule has 0 aliphatic carbocycles. The average molecular weight is 356 g/mol. The van der Waals surface area contributed by atoms with E-state index < -0.39 is 0 Å². The zero-order chi connectivity index (χ0) is 19.6. The van der Waals surface area contributed by atoms with Gasteiger partial charge in [0.1, 0.15) is 11.3 Å². The largest absolute Gasteiger partial charge is 0.501 e. The Kier molecular flexibility index (Phi) is 5.19. The number of ether oxygens (including phenoxy) is 1. The Balaban J connectivity index is 2.24. The summed E-state index contributed by atoms with van der Waals surface area (Å²) in [4.78, 5) is 4.67. The van der Waals surface area contributed by atoms with Crippen LogP contribution in [-0.2, 0) is 4.74 Å². The van der Waals surface area contributed by atoms with Crippen LogP contribution < -0.4 is 0 Å². The van der Waals surface area contributed by atoms with Crippen LogP contribution in [0.5, 0.6) is 0 Å². The number of allylic oxidation sites excluding steroid dienone is 3. The first-order chi connectivity index (χ1) is 13.0. The second-order valence-electron chi connectivity index (χ2n) is 6.69. The van der Waals surface area contributed by atoms with E-state index in [2.05, 4.69) is 47.2 Å². The van der Waals surface area contributed by atoms with E-state index in [9.17, 15) is 0 Å². The Hall–Kier alpha value is -3.25. The first-order valence-electron chi connectivity index (χ1n) is 8.91. The molecule has 0 radical (unpaired) electrons. The molecule has 0 amide bonds. The van der Waals surface area contributed by atoms with Crippen LogP contribution >= 0.6 is 0 Å². The first-order valence-corrected chi connectivity index (χ1v) is 8.91. The normalized spacial score (nSPS) is 13.0. The standard InChI is InChI=1S/C24H24N2O/c1-7-19-15-26(17(4)20-11-9-8-10-12-20)22-13-21(14-25-24(19)22)23(16(2)3)18(5)27-6/h1,8-15,17H,2H2,3-6H3/b23-18+. The Labute approximate surface area is 161 Å². The Morgan fingerprint density at radius 3 is 2.56 bits per heavy atom. The molecule has 3 heteroatoms. The van der Waals surface area contributed by atoms with Crippen molar-refractivity contribution < 1.29 is 4.74 Å². The second-order valence-corrected chi connectivity index (χ2v) is 6.69. The summed E-state index contributed by atoms with van der Waals surface area (Å²) in [6, 6.07) is 12.6. The summed E-state index contributed by atoms with van der Waals surface area (Å²) in [5.74, 6) is 3.58. The molecule has 136 valence electrons. The quantitative estimate of drug-likeness (QED) is 0.339. The van der Waals surface area contributed by atoms with Crippen molar-refractivity contribution in [2.24, 2.45) is 0 Å². The molecule has 0 bridgehead atoms. The highest BCUT2D eigenvalue weighted by molar-refractivity contribution is 5.88. The molecule has 1 atom stereocenters. The van der Waals surface area contributed by atoms with Gasteiger partial charge in [0.2, 0.25) is 0 Å². The lowest BCUT2D eigenvalue weighted by Crippen LogP contribution is -2.05. The number of nitrogens with zero attached hydrogens (tertiary/aromatic N) is 2. The van der Waals surface area contributed by atoms with Crippen molar-refractivity contribution in [1.82, 2.24) is 9.55 Å². The summed E-state index contributed by atoms with van der Waals surface area (Å²) in [6.07, 6.45) is 9.58. The third-order valence-electron chi connectivity index (χ3n) is 4.90. The topological polar surface area (TPSA) is 27.1 Å². The number of hydrogen-bond donors (Lipinski definition) is 0. The van der Waals surface area contributed by atoms with Crippen LogP contribution in [-0.4, -0.2) is 16.7 Å². The van der Waals surface area contributed by atoms with Crippen molar-refractivity contribution in [3.63, 3.8) is 0 Å². The lowest BCUT2D eigenvalue weighted by Gasteiger charge is -2.17. The minimum atomic E-state index is 0.133. The van der Waals surface area contributed by atoms with Crippen LogP contribution in [0.15, 0.2) is 66.7 Å². The molecule has 2 heterocycles. The Morgan fingerprint density at radius 2 is 1.96 bits per heavy atom. The lowest BCUT2D eigenvalue weighted by atomic mass is 10.00. The molecular weight excluding hydrogens is 332 g/mol. The van der Waals surface area contributed by atoms with Gasteiger partial charge in [0.15, 0.2) is 0 Å². The molecular formula is C24H24N2O. The lowest BCUT2D eigenvalue weighted by molar-refractivity contribution is 0.296. The van der Waals surface area contributed by atoms with Gasteiger partial charge in [-0.3, -0.25) is 4.98 Å². The fraction of sp³-hybridized carbons (Fsp3) is 0.208. The molecule has 3 rings (SSSR count). The second kappa shape index (κ2) is 7.55. The van der Waals surface area contributed by atoms with E-state index in [1.807, 2.05) is 44.4 Å². The van der Waals surface area contributed by atoms with Crippen LogP contribution in [0.25, 0.3) is 16.6 Å². The smallest absolute Gasteiger partial charge is 0.104 e. The number of methoxy groups -OCH3 is 1. The summed E-state index contributed by atoms with van der Waals surface area (Å²) in [5.41, 5.74) is 6.71. The van der Waals surface area contributed by atoms with Crippen molar-refractivity contribution in [1.29, 1.82) is 0 Å². The SMILES string of the molecule is C#Cc1cn(C(C)c2ccccc2)c2cc(/C(C(=C)C)=C(\C)OC)cnc12. The molecule has 0 fully saturated rings. The highest BCUT2D eigenvalue weighted by atomic mass is 16.5. The maximum Gasteiger partial charge on any atom is 0.104 e. The van der Waals surface area contributed by atoms with E-state index in [0.29, 0.717) is 0 Å². The molecule has 3 nitrogen and oxygen atoms in total. The highest BCUT2D eigenvalue weighted by Crippen LogP contribution is 2.31. The maximum absolute atomic E-state index is 5.74. The van der Waals surface area contributed by atoms with Crippen molar-refractivity contribution >= 4 is 16.6 Å². The van der Waals surface area contributed by atoms with Gasteiger partial charge in [-0.25, -0.2) is 0 Å². The molecule has 0 aliphatic heterocycles. The number of hydrogen-bond acceptors (Lipinski definition) is 2. The number of pyridine rings is 1. The number of benzene rings is 1. The number of fused-ring (bicyclic) bond motifs is 1. The summed E-state index contributed by atoms with van der Waals surface area (Å²) < 4.78 is 7.65. The zero-order valence-corrected chi connectivity index (χ0v) is 16.3. The van der Waals surface area contributed by atoms with E-state index in [1.54, 1.807) is 7.11 Å². The highest BCUT2D eigenvalue weighted by Gasteiger charge is 2.17. The molecule has 0 saturated heterocycles. The molecule has 0 saturated carbocycles. The fourth-order valence-corrected chi connectivity index (χ4v) is 3.43. The van der Waals surface area contributed by atoms with Crippen LogP contribution in [0.4, 0.5) is 0 Å². The van der Waals surface area contributed by atoms with E-state index in [1.165, 1.54) is 5.56 Å². The van der Waals surface area contributed by atoms with Gasteiger partial charge in [0, 0.05) is 23.5 Å². The van der Waals surface area contributed by atoms with E-state index in [0.717, 1.165) is 39.1 Å². The van der Waals surface area contributed by atoms with Crippen molar-refractivity contribution in [3.8, 4) is 12.3 Å². The van der Waals surface area contributed by atoms with E-state index >= 15 is 0 Å². The van der Waals surface area contributed by atoms with Crippen molar-refractivity contribution in [2.75, 3.05) is 7.11 Å². The summed E-state index contributed by atoms with van der Waals surface area (Å²) in [7, 11) is 1.67. The van der Waals surface area contributed by atoms with Crippen molar-refractivity contribution in [2.45, 2.75) is 26.8 Å². The molecule has 0 N–H and O–H groups in total. The van der Waals surface area contributed by atoms with E-state index in [4.69, 9.17) is 11.2 Å². The van der Waals surface area contributed by atoms with Crippen LogP contribution in [0.2, 0.25) is 0 Å². The summed E-state index contributed by atoms with van der Waals surface area (Å²) in [6.45, 7) is 10.2. The van der Waals surface area contributed by atoms with Gasteiger partial charge in [-0.1, -0.05) is 42.8 Å². The Bertz CT molecular complexity index is 1060.